The lowest BCUT2D eigenvalue weighted by atomic mass is 9.98. The summed E-state index contributed by atoms with van der Waals surface area (Å²) in [7, 11) is 0. The Kier molecular flexibility index (Phi) is 6.90. The molecule has 0 aromatic heterocycles. The van der Waals surface area contributed by atoms with Gasteiger partial charge in [-0.05, 0) is 47.4 Å². The largest absolute Gasteiger partial charge is 0.479 e. The van der Waals surface area contributed by atoms with Crippen LogP contribution in [-0.2, 0) is 9.53 Å². The van der Waals surface area contributed by atoms with Crippen molar-refractivity contribution in [1.29, 1.82) is 0 Å². The molecule has 4 N–H and O–H groups in total. The van der Waals surface area contributed by atoms with Crippen LogP contribution < -0.4 is 10.6 Å². The fourth-order valence-electron chi connectivity index (χ4n) is 4.03. The van der Waals surface area contributed by atoms with Gasteiger partial charge in [-0.3, -0.25) is 10.1 Å². The Morgan fingerprint density at radius 1 is 1.00 bits per heavy atom. The number of hydrogen-bond acceptors (Lipinski definition) is 5. The zero-order chi connectivity index (χ0) is 25.2. The first-order valence-electron chi connectivity index (χ1n) is 10.8. The number of carboxylic acid groups (broad SMARTS) is 1. The summed E-state index contributed by atoms with van der Waals surface area (Å²) in [6, 6.07) is 20.5. The second kappa shape index (κ2) is 9.89. The van der Waals surface area contributed by atoms with Crippen molar-refractivity contribution in [2.24, 2.45) is 0 Å². The Bertz CT molecular complexity index is 1270. The molecule has 1 aliphatic rings. The first-order valence-corrected chi connectivity index (χ1v) is 11.6. The number of carbonyl (C=O) groups is 3. The number of aliphatic hydroxyl groups is 1. The van der Waals surface area contributed by atoms with Crippen LogP contribution in [0.2, 0.25) is 0 Å². The molecule has 2 amide bonds. The maximum atomic E-state index is 12.6. The fourth-order valence-corrected chi connectivity index (χ4v) is 4.52. The predicted octanol–water partition coefficient (Wildman–Crippen LogP) is 4.38. The number of aliphatic hydroxyl groups excluding tert-OH is 1. The number of nitrogens with one attached hydrogen (secondary N) is 2. The van der Waals surface area contributed by atoms with Crippen LogP contribution in [0.5, 0.6) is 0 Å². The van der Waals surface area contributed by atoms with E-state index in [9.17, 15) is 24.6 Å². The topological polar surface area (TPSA) is 125 Å². The van der Waals surface area contributed by atoms with Crippen LogP contribution in [0.4, 0.5) is 10.5 Å². The lowest BCUT2D eigenvalue weighted by molar-refractivity contribution is -0.145. The van der Waals surface area contributed by atoms with Gasteiger partial charge in [0.1, 0.15) is 6.61 Å². The summed E-state index contributed by atoms with van der Waals surface area (Å²) in [6.07, 6.45) is -0.693. The number of carbonyl (C=O) groups excluding carboxylic acids is 2. The normalized spacial score (nSPS) is 13.8. The monoisotopic (exact) mass is 538 g/mol. The second-order valence-electron chi connectivity index (χ2n) is 8.43. The summed E-state index contributed by atoms with van der Waals surface area (Å²) in [5, 5.41) is 23.6. The third-order valence-corrected chi connectivity index (χ3v) is 6.39. The third kappa shape index (κ3) is 5.06. The molecule has 9 heteroatoms. The number of hydrogen-bond donors (Lipinski definition) is 4. The van der Waals surface area contributed by atoms with E-state index in [0.29, 0.717) is 4.47 Å². The van der Waals surface area contributed by atoms with Crippen LogP contribution in [-0.4, -0.2) is 46.9 Å². The lowest BCUT2D eigenvalue weighted by Crippen LogP contribution is -2.54. The maximum Gasteiger partial charge on any atom is 0.411 e. The highest BCUT2D eigenvalue weighted by molar-refractivity contribution is 9.10. The Morgan fingerprint density at radius 2 is 1.60 bits per heavy atom. The Morgan fingerprint density at radius 3 is 2.17 bits per heavy atom. The predicted molar refractivity (Wildman–Crippen MR) is 133 cm³/mol. The van der Waals surface area contributed by atoms with Gasteiger partial charge in [0.15, 0.2) is 5.54 Å². The van der Waals surface area contributed by atoms with Gasteiger partial charge in [-0.2, -0.15) is 0 Å². The van der Waals surface area contributed by atoms with Gasteiger partial charge in [-0.15, -0.1) is 0 Å². The smallest absolute Gasteiger partial charge is 0.411 e. The van der Waals surface area contributed by atoms with E-state index in [1.807, 2.05) is 36.4 Å². The van der Waals surface area contributed by atoms with Crippen molar-refractivity contribution in [2.45, 2.75) is 18.4 Å². The molecule has 0 fully saturated rings. The highest BCUT2D eigenvalue weighted by Gasteiger charge is 2.34. The minimum Gasteiger partial charge on any atom is -0.479 e. The van der Waals surface area contributed by atoms with Gasteiger partial charge in [-0.25, -0.2) is 9.59 Å². The Balaban J connectivity index is 1.45. The van der Waals surface area contributed by atoms with Crippen molar-refractivity contribution >= 4 is 39.6 Å². The second-order valence-corrected chi connectivity index (χ2v) is 9.34. The van der Waals surface area contributed by atoms with Crippen LogP contribution >= 0.6 is 15.9 Å². The van der Waals surface area contributed by atoms with Crippen LogP contribution in [0.15, 0.2) is 71.2 Å². The molecule has 1 atom stereocenters. The van der Waals surface area contributed by atoms with Gasteiger partial charge in [-0.1, -0.05) is 64.5 Å². The van der Waals surface area contributed by atoms with Gasteiger partial charge in [0.05, 0.1) is 6.61 Å². The molecule has 4 rings (SSSR count). The molecule has 1 aliphatic carbocycles. The average Bonchev–Trinajstić information content (AvgIpc) is 3.16. The SMILES string of the molecule is CC(CO)(NC(=O)c1cc(Br)cc(NC(=O)OCC2c3ccccc3-c3ccccc32)c1)C(=O)O. The number of halogens is 1. The van der Waals surface area contributed by atoms with Crippen LogP contribution in [0.3, 0.4) is 0 Å². The van der Waals surface area contributed by atoms with E-state index in [1.54, 1.807) is 6.07 Å². The van der Waals surface area contributed by atoms with Crippen molar-refractivity contribution in [1.82, 2.24) is 5.32 Å². The Labute approximate surface area is 210 Å². The minimum atomic E-state index is -1.85. The molecule has 3 aromatic rings. The first kappa shape index (κ1) is 24.4. The summed E-state index contributed by atoms with van der Waals surface area (Å²) in [5.74, 6) is -2.19. The molecule has 0 spiro atoms. The van der Waals surface area contributed by atoms with Gasteiger partial charge in [0.25, 0.3) is 5.91 Å². The third-order valence-electron chi connectivity index (χ3n) is 5.93. The van der Waals surface area contributed by atoms with Gasteiger partial charge in [0.2, 0.25) is 0 Å². The molecule has 1 unspecified atom stereocenters. The van der Waals surface area contributed by atoms with Crippen molar-refractivity contribution in [3.63, 3.8) is 0 Å². The van der Waals surface area contributed by atoms with E-state index in [-0.39, 0.29) is 23.8 Å². The van der Waals surface area contributed by atoms with E-state index in [2.05, 4.69) is 38.7 Å². The zero-order valence-electron chi connectivity index (χ0n) is 18.7. The van der Waals surface area contributed by atoms with Crippen LogP contribution in [0.1, 0.15) is 34.3 Å². The molecule has 8 nitrogen and oxygen atoms in total. The van der Waals surface area contributed by atoms with Gasteiger partial charge < -0.3 is 20.3 Å². The molecule has 180 valence electrons. The van der Waals surface area contributed by atoms with Crippen LogP contribution in [0.25, 0.3) is 11.1 Å². The summed E-state index contributed by atoms with van der Waals surface area (Å²) < 4.78 is 6.02. The van der Waals surface area contributed by atoms with E-state index >= 15 is 0 Å². The molecule has 0 bridgehead atoms. The van der Waals surface area contributed by atoms with E-state index in [1.165, 1.54) is 19.1 Å². The highest BCUT2D eigenvalue weighted by Crippen LogP contribution is 2.44. The Hall–Kier alpha value is -3.69. The van der Waals surface area contributed by atoms with E-state index in [0.717, 1.165) is 22.3 Å². The lowest BCUT2D eigenvalue weighted by Gasteiger charge is -2.23. The molecule has 0 radical (unpaired) electrons. The molecule has 0 aliphatic heterocycles. The molecule has 0 saturated heterocycles. The number of anilines is 1. The molecule has 35 heavy (non-hydrogen) atoms. The molecule has 0 saturated carbocycles. The quantitative estimate of drug-likeness (QED) is 0.354. The average molecular weight is 539 g/mol. The number of rotatable bonds is 7. The summed E-state index contributed by atoms with van der Waals surface area (Å²) in [4.78, 5) is 36.6. The minimum absolute atomic E-state index is 0.0919. The number of fused-ring (bicyclic) bond motifs is 3. The van der Waals surface area contributed by atoms with Crippen molar-refractivity contribution in [3.8, 4) is 11.1 Å². The van der Waals surface area contributed by atoms with Gasteiger partial charge >= 0.3 is 12.1 Å². The fraction of sp³-hybridized carbons (Fsp3) is 0.192. The number of benzene rings is 3. The van der Waals surface area contributed by atoms with E-state index in [4.69, 9.17) is 4.74 Å². The van der Waals surface area contributed by atoms with Gasteiger partial charge in [0, 0.05) is 21.6 Å². The van der Waals surface area contributed by atoms with Crippen LogP contribution in [0, 0.1) is 0 Å². The molecular formula is C26H23BrN2O6. The molecule has 0 heterocycles. The highest BCUT2D eigenvalue weighted by atomic mass is 79.9. The van der Waals surface area contributed by atoms with Crippen molar-refractivity contribution < 1.29 is 29.3 Å². The standard InChI is InChI=1S/C26H23BrN2O6/c1-26(14-30,24(32)33)29-23(31)15-10-16(27)12-17(11-15)28-25(34)35-13-22-20-8-4-2-6-18(20)19-7-3-5-9-21(19)22/h2-12,22,30H,13-14H2,1H3,(H,28,34)(H,29,31)(H,32,33). The summed E-state index contributed by atoms with van der Waals surface area (Å²) in [6.45, 7) is 0.544. The summed E-state index contributed by atoms with van der Waals surface area (Å²) >= 11 is 3.29. The first-order chi connectivity index (χ1) is 16.7. The maximum absolute atomic E-state index is 12.6. The zero-order valence-corrected chi connectivity index (χ0v) is 20.3. The summed E-state index contributed by atoms with van der Waals surface area (Å²) in [5.41, 5.74) is 2.95. The number of amides is 2. The van der Waals surface area contributed by atoms with Crippen molar-refractivity contribution in [3.05, 3.63) is 87.9 Å². The molecular weight excluding hydrogens is 516 g/mol. The van der Waals surface area contributed by atoms with Crippen molar-refractivity contribution in [2.75, 3.05) is 18.5 Å². The number of ether oxygens (including phenoxy) is 1. The number of aliphatic carboxylic acids is 1. The number of carboxylic acids is 1. The molecule has 3 aromatic carbocycles. The van der Waals surface area contributed by atoms with E-state index < -0.39 is 30.1 Å².